The number of pyridine rings is 1. The van der Waals surface area contributed by atoms with Gasteiger partial charge >= 0.3 is 0 Å². The summed E-state index contributed by atoms with van der Waals surface area (Å²) in [5.41, 5.74) is 2.08. The number of fused-ring (bicyclic) bond motifs is 1. The van der Waals surface area contributed by atoms with E-state index >= 15 is 0 Å². The van der Waals surface area contributed by atoms with Gasteiger partial charge in [-0.15, -0.1) is 0 Å². The van der Waals surface area contributed by atoms with Gasteiger partial charge in [-0.2, -0.15) is 0 Å². The van der Waals surface area contributed by atoms with E-state index in [0.717, 1.165) is 42.0 Å². The summed E-state index contributed by atoms with van der Waals surface area (Å²) >= 11 is 0. The Bertz CT molecular complexity index is 611. The largest absolute Gasteiger partial charge is 0.496 e. The average molecular weight is 329 g/mol. The van der Waals surface area contributed by atoms with Crippen LogP contribution in [0.25, 0.3) is 10.9 Å². The molecule has 2 rings (SSSR count). The highest BCUT2D eigenvalue weighted by Gasteiger charge is 2.06. The molecule has 0 saturated carbocycles. The Balaban J connectivity index is 1.76. The van der Waals surface area contributed by atoms with Gasteiger partial charge in [0, 0.05) is 18.1 Å². The van der Waals surface area contributed by atoms with Crippen molar-refractivity contribution in [2.45, 2.75) is 39.5 Å². The summed E-state index contributed by atoms with van der Waals surface area (Å²) in [4.78, 5) is 7.00. The number of anilines is 1. The molecular weight excluding hydrogens is 298 g/mol. The number of rotatable bonds is 11. The standard InChI is InChI=1S/C20H31N3O/c1-4-23(5-2)16-9-7-6-8-14-21-18-12-13-19(24-3)17-11-10-15-22-20(17)18/h10-13,15,21H,4-9,14,16H2,1-3H3. The molecule has 0 bridgehead atoms. The van der Waals surface area contributed by atoms with Crippen LogP contribution in [0.1, 0.15) is 39.5 Å². The Hall–Kier alpha value is -1.81. The van der Waals surface area contributed by atoms with Crippen LogP contribution >= 0.6 is 0 Å². The molecule has 0 radical (unpaired) electrons. The van der Waals surface area contributed by atoms with E-state index in [1.165, 1.54) is 32.2 Å². The predicted molar refractivity (Wildman–Crippen MR) is 103 cm³/mol. The van der Waals surface area contributed by atoms with E-state index < -0.39 is 0 Å². The summed E-state index contributed by atoms with van der Waals surface area (Å²) < 4.78 is 5.42. The summed E-state index contributed by atoms with van der Waals surface area (Å²) in [6.07, 6.45) is 6.91. The lowest BCUT2D eigenvalue weighted by atomic mass is 10.1. The van der Waals surface area contributed by atoms with Gasteiger partial charge in [-0.3, -0.25) is 4.98 Å². The molecule has 0 amide bonds. The number of methoxy groups -OCH3 is 1. The zero-order valence-corrected chi connectivity index (χ0v) is 15.3. The van der Waals surface area contributed by atoms with Gasteiger partial charge in [0.1, 0.15) is 5.75 Å². The fourth-order valence-electron chi connectivity index (χ4n) is 3.04. The Labute approximate surface area is 146 Å². The topological polar surface area (TPSA) is 37.4 Å². The van der Waals surface area contributed by atoms with E-state index in [-0.39, 0.29) is 0 Å². The minimum atomic E-state index is 0.875. The normalized spacial score (nSPS) is 11.2. The van der Waals surface area contributed by atoms with Gasteiger partial charge in [0.2, 0.25) is 0 Å². The van der Waals surface area contributed by atoms with Gasteiger partial charge in [-0.1, -0.05) is 26.7 Å². The second-order valence-electron chi connectivity index (χ2n) is 6.08. The maximum atomic E-state index is 5.42. The van der Waals surface area contributed by atoms with E-state index in [2.05, 4.69) is 41.2 Å². The SMILES string of the molecule is CCN(CC)CCCCCCNc1ccc(OC)c2cccnc12. The molecule has 1 aromatic carbocycles. The van der Waals surface area contributed by atoms with Crippen LogP contribution in [0, 0.1) is 0 Å². The van der Waals surface area contributed by atoms with Crippen LogP contribution in [0.5, 0.6) is 5.75 Å². The molecule has 24 heavy (non-hydrogen) atoms. The predicted octanol–water partition coefficient (Wildman–Crippen LogP) is 4.56. The molecule has 1 heterocycles. The maximum Gasteiger partial charge on any atom is 0.128 e. The fraction of sp³-hybridized carbons (Fsp3) is 0.550. The zero-order valence-electron chi connectivity index (χ0n) is 15.3. The van der Waals surface area contributed by atoms with Crippen molar-refractivity contribution >= 4 is 16.6 Å². The third-order valence-electron chi connectivity index (χ3n) is 4.56. The lowest BCUT2D eigenvalue weighted by Gasteiger charge is -2.17. The minimum Gasteiger partial charge on any atom is -0.496 e. The first-order valence-corrected chi connectivity index (χ1v) is 9.18. The van der Waals surface area contributed by atoms with Crippen LogP contribution in [0.2, 0.25) is 0 Å². The summed E-state index contributed by atoms with van der Waals surface area (Å²) in [5, 5.41) is 4.59. The quantitative estimate of drug-likeness (QED) is 0.613. The second-order valence-corrected chi connectivity index (χ2v) is 6.08. The molecule has 132 valence electrons. The number of nitrogens with zero attached hydrogens (tertiary/aromatic N) is 2. The number of benzene rings is 1. The fourth-order valence-corrected chi connectivity index (χ4v) is 3.04. The second kappa shape index (κ2) is 10.1. The van der Waals surface area contributed by atoms with Gasteiger partial charge in [0.25, 0.3) is 0 Å². The molecule has 1 N–H and O–H groups in total. The van der Waals surface area contributed by atoms with Gasteiger partial charge < -0.3 is 15.0 Å². The highest BCUT2D eigenvalue weighted by atomic mass is 16.5. The molecular formula is C20H31N3O. The summed E-state index contributed by atoms with van der Waals surface area (Å²) in [6, 6.07) is 8.08. The third kappa shape index (κ3) is 5.10. The molecule has 0 atom stereocenters. The van der Waals surface area contributed by atoms with Crippen molar-refractivity contribution in [3.8, 4) is 5.75 Å². The van der Waals surface area contributed by atoms with Crippen molar-refractivity contribution in [1.82, 2.24) is 9.88 Å². The van der Waals surface area contributed by atoms with Crippen LogP contribution < -0.4 is 10.1 Å². The molecule has 0 aliphatic rings. The average Bonchev–Trinajstić information content (AvgIpc) is 2.64. The van der Waals surface area contributed by atoms with Gasteiger partial charge in [0.05, 0.1) is 18.3 Å². The van der Waals surface area contributed by atoms with E-state index in [1.807, 2.05) is 18.3 Å². The molecule has 0 spiro atoms. The first-order valence-electron chi connectivity index (χ1n) is 9.18. The van der Waals surface area contributed by atoms with E-state index in [1.54, 1.807) is 7.11 Å². The molecule has 4 nitrogen and oxygen atoms in total. The van der Waals surface area contributed by atoms with Gasteiger partial charge in [0.15, 0.2) is 0 Å². The van der Waals surface area contributed by atoms with Crippen LogP contribution in [-0.4, -0.2) is 43.2 Å². The number of unbranched alkanes of at least 4 members (excludes halogenated alkanes) is 3. The number of hydrogen-bond acceptors (Lipinski definition) is 4. The summed E-state index contributed by atoms with van der Waals surface area (Å²) in [7, 11) is 1.70. The maximum absolute atomic E-state index is 5.42. The smallest absolute Gasteiger partial charge is 0.128 e. The Morgan fingerprint density at radius 3 is 2.58 bits per heavy atom. The zero-order chi connectivity index (χ0) is 17.2. The van der Waals surface area contributed by atoms with E-state index in [0.29, 0.717) is 0 Å². The van der Waals surface area contributed by atoms with Crippen molar-refractivity contribution in [1.29, 1.82) is 0 Å². The van der Waals surface area contributed by atoms with E-state index in [9.17, 15) is 0 Å². The molecule has 4 heteroatoms. The molecule has 2 aromatic rings. The number of nitrogens with one attached hydrogen (secondary N) is 1. The van der Waals surface area contributed by atoms with Crippen molar-refractivity contribution in [2.75, 3.05) is 38.6 Å². The first kappa shape index (κ1) is 18.5. The van der Waals surface area contributed by atoms with Crippen LogP contribution in [0.15, 0.2) is 30.5 Å². The molecule has 0 aliphatic carbocycles. The lowest BCUT2D eigenvalue weighted by Crippen LogP contribution is -2.23. The van der Waals surface area contributed by atoms with Crippen LogP contribution in [0.4, 0.5) is 5.69 Å². The molecule has 0 aliphatic heterocycles. The molecule has 0 fully saturated rings. The van der Waals surface area contributed by atoms with Crippen LogP contribution in [-0.2, 0) is 0 Å². The van der Waals surface area contributed by atoms with Gasteiger partial charge in [-0.25, -0.2) is 0 Å². The lowest BCUT2D eigenvalue weighted by molar-refractivity contribution is 0.295. The minimum absolute atomic E-state index is 0.875. The third-order valence-corrected chi connectivity index (χ3v) is 4.56. The molecule has 1 aromatic heterocycles. The highest BCUT2D eigenvalue weighted by Crippen LogP contribution is 2.29. The van der Waals surface area contributed by atoms with E-state index in [4.69, 9.17) is 4.74 Å². The monoisotopic (exact) mass is 329 g/mol. The Morgan fingerprint density at radius 2 is 1.83 bits per heavy atom. The van der Waals surface area contributed by atoms with Gasteiger partial charge in [-0.05, 0) is 56.7 Å². The molecule has 0 saturated heterocycles. The van der Waals surface area contributed by atoms with Crippen molar-refractivity contribution < 1.29 is 4.74 Å². The number of hydrogen-bond donors (Lipinski definition) is 1. The van der Waals surface area contributed by atoms with Crippen molar-refractivity contribution in [2.24, 2.45) is 0 Å². The van der Waals surface area contributed by atoms with Crippen molar-refractivity contribution in [3.63, 3.8) is 0 Å². The number of ether oxygens (including phenoxy) is 1. The van der Waals surface area contributed by atoms with Crippen LogP contribution in [0.3, 0.4) is 0 Å². The summed E-state index contributed by atoms with van der Waals surface area (Å²) in [6.45, 7) is 9.02. The highest BCUT2D eigenvalue weighted by molar-refractivity contribution is 5.94. The Morgan fingerprint density at radius 1 is 1.04 bits per heavy atom. The number of aromatic nitrogens is 1. The van der Waals surface area contributed by atoms with Crippen molar-refractivity contribution in [3.05, 3.63) is 30.5 Å². The molecule has 0 unspecified atom stereocenters. The summed E-state index contributed by atoms with van der Waals surface area (Å²) in [5.74, 6) is 0.875. The first-order chi connectivity index (χ1) is 11.8. The Kier molecular flexibility index (Phi) is 7.83.